The molecular formula is C13H9BrFN3O2S. The highest BCUT2D eigenvalue weighted by atomic mass is 79.9. The van der Waals surface area contributed by atoms with Crippen molar-refractivity contribution in [3.8, 4) is 6.07 Å². The number of anilines is 2. The van der Waals surface area contributed by atoms with Crippen molar-refractivity contribution in [2.75, 3.05) is 10.5 Å². The van der Waals surface area contributed by atoms with Crippen molar-refractivity contribution in [3.05, 3.63) is 52.3 Å². The number of rotatable bonds is 3. The maximum absolute atomic E-state index is 13.2. The predicted molar refractivity (Wildman–Crippen MR) is 80.5 cm³/mol. The first kappa shape index (κ1) is 15.3. The molecule has 2 rings (SSSR count). The monoisotopic (exact) mass is 369 g/mol. The maximum atomic E-state index is 13.2. The molecule has 8 heteroatoms. The Labute approximate surface area is 129 Å². The highest BCUT2D eigenvalue weighted by Gasteiger charge is 2.20. The molecule has 5 nitrogen and oxygen atoms in total. The second-order valence-electron chi connectivity index (χ2n) is 4.10. The molecule has 0 aliphatic rings. The van der Waals surface area contributed by atoms with Crippen molar-refractivity contribution < 1.29 is 12.8 Å². The molecule has 0 bridgehead atoms. The quantitative estimate of drug-likeness (QED) is 0.812. The van der Waals surface area contributed by atoms with E-state index >= 15 is 0 Å². The van der Waals surface area contributed by atoms with E-state index in [0.29, 0.717) is 4.47 Å². The van der Waals surface area contributed by atoms with Crippen LogP contribution in [0.15, 0.2) is 45.8 Å². The van der Waals surface area contributed by atoms with Crippen LogP contribution in [0.3, 0.4) is 0 Å². The third-order valence-electron chi connectivity index (χ3n) is 2.59. The van der Waals surface area contributed by atoms with Crippen LogP contribution < -0.4 is 10.5 Å². The smallest absolute Gasteiger partial charge is 0.263 e. The molecule has 2 aromatic carbocycles. The Kier molecular flexibility index (Phi) is 4.16. The van der Waals surface area contributed by atoms with Crippen LogP contribution in [0.25, 0.3) is 0 Å². The topological polar surface area (TPSA) is 96.0 Å². The van der Waals surface area contributed by atoms with Crippen LogP contribution >= 0.6 is 15.9 Å². The average Bonchev–Trinajstić information content (AvgIpc) is 2.42. The van der Waals surface area contributed by atoms with Gasteiger partial charge in [0, 0.05) is 10.2 Å². The third-order valence-corrected chi connectivity index (χ3v) is 4.70. The van der Waals surface area contributed by atoms with E-state index in [4.69, 9.17) is 11.0 Å². The summed E-state index contributed by atoms with van der Waals surface area (Å²) in [6.07, 6.45) is 0. The van der Waals surface area contributed by atoms with Gasteiger partial charge in [-0.25, -0.2) is 12.8 Å². The molecule has 0 heterocycles. The Bertz CT molecular complexity index is 847. The molecule has 21 heavy (non-hydrogen) atoms. The van der Waals surface area contributed by atoms with Gasteiger partial charge in [-0.3, -0.25) is 4.72 Å². The Morgan fingerprint density at radius 1 is 1.24 bits per heavy atom. The van der Waals surface area contributed by atoms with Gasteiger partial charge in [0.25, 0.3) is 10.0 Å². The SMILES string of the molecule is N#Cc1cc(N)ccc1S(=O)(=O)Nc1cc(F)ccc1Br. The molecule has 0 saturated heterocycles. The molecule has 0 unspecified atom stereocenters. The first-order chi connectivity index (χ1) is 9.83. The summed E-state index contributed by atoms with van der Waals surface area (Å²) < 4.78 is 40.4. The van der Waals surface area contributed by atoms with Gasteiger partial charge in [-0.05, 0) is 52.3 Å². The van der Waals surface area contributed by atoms with E-state index in [1.807, 2.05) is 0 Å². The van der Waals surface area contributed by atoms with E-state index in [1.54, 1.807) is 6.07 Å². The van der Waals surface area contributed by atoms with Crippen LogP contribution in [0.5, 0.6) is 0 Å². The van der Waals surface area contributed by atoms with Gasteiger partial charge in [0.15, 0.2) is 0 Å². The number of hydrogen-bond acceptors (Lipinski definition) is 4. The van der Waals surface area contributed by atoms with Crippen LogP contribution in [-0.4, -0.2) is 8.42 Å². The fourth-order valence-corrected chi connectivity index (χ4v) is 3.33. The van der Waals surface area contributed by atoms with E-state index in [0.717, 1.165) is 6.07 Å². The van der Waals surface area contributed by atoms with Crippen LogP contribution in [0.2, 0.25) is 0 Å². The van der Waals surface area contributed by atoms with Gasteiger partial charge in [-0.2, -0.15) is 5.26 Å². The number of nitriles is 1. The predicted octanol–water partition coefficient (Wildman–Crippen LogP) is 2.84. The van der Waals surface area contributed by atoms with Crippen molar-refractivity contribution in [1.29, 1.82) is 5.26 Å². The zero-order valence-corrected chi connectivity index (χ0v) is 12.9. The van der Waals surface area contributed by atoms with E-state index in [2.05, 4.69) is 20.7 Å². The van der Waals surface area contributed by atoms with Gasteiger partial charge in [-0.15, -0.1) is 0 Å². The minimum absolute atomic E-state index is 0.0377. The van der Waals surface area contributed by atoms with E-state index in [9.17, 15) is 12.8 Å². The summed E-state index contributed by atoms with van der Waals surface area (Å²) in [6, 6.07) is 9.22. The normalized spacial score (nSPS) is 10.9. The number of nitrogens with one attached hydrogen (secondary N) is 1. The number of nitrogen functional groups attached to an aromatic ring is 1. The summed E-state index contributed by atoms with van der Waals surface area (Å²) >= 11 is 3.12. The Morgan fingerprint density at radius 2 is 1.95 bits per heavy atom. The lowest BCUT2D eigenvalue weighted by atomic mass is 10.2. The number of sulfonamides is 1. The molecule has 3 N–H and O–H groups in total. The molecule has 0 aliphatic heterocycles. The van der Waals surface area contributed by atoms with Crippen molar-refractivity contribution in [3.63, 3.8) is 0 Å². The summed E-state index contributed by atoms with van der Waals surface area (Å²) in [5.41, 5.74) is 5.74. The van der Waals surface area contributed by atoms with Gasteiger partial charge in [-0.1, -0.05) is 0 Å². The minimum Gasteiger partial charge on any atom is -0.399 e. The highest BCUT2D eigenvalue weighted by molar-refractivity contribution is 9.10. The second-order valence-corrected chi connectivity index (χ2v) is 6.60. The number of hydrogen-bond donors (Lipinski definition) is 2. The van der Waals surface area contributed by atoms with Crippen molar-refractivity contribution >= 4 is 37.3 Å². The molecule has 0 amide bonds. The fourth-order valence-electron chi connectivity index (χ4n) is 1.64. The molecule has 0 spiro atoms. The first-order valence-corrected chi connectivity index (χ1v) is 7.88. The zero-order valence-electron chi connectivity index (χ0n) is 10.5. The summed E-state index contributed by atoms with van der Waals surface area (Å²) in [7, 11) is -4.04. The molecule has 0 radical (unpaired) electrons. The maximum Gasteiger partial charge on any atom is 0.263 e. The zero-order chi connectivity index (χ0) is 15.6. The molecular weight excluding hydrogens is 361 g/mol. The standard InChI is InChI=1S/C13H9BrFN3O2S/c14-11-3-1-9(15)6-12(11)18-21(19,20)13-4-2-10(17)5-8(13)7-16/h1-6,18H,17H2. The van der Waals surface area contributed by atoms with Gasteiger partial charge in [0.2, 0.25) is 0 Å². The van der Waals surface area contributed by atoms with E-state index in [-0.39, 0.29) is 21.8 Å². The van der Waals surface area contributed by atoms with Crippen LogP contribution in [0.4, 0.5) is 15.8 Å². The van der Waals surface area contributed by atoms with Crippen molar-refractivity contribution in [2.24, 2.45) is 0 Å². The van der Waals surface area contributed by atoms with Crippen molar-refractivity contribution in [2.45, 2.75) is 4.90 Å². The number of nitrogens with zero attached hydrogens (tertiary/aromatic N) is 1. The lowest BCUT2D eigenvalue weighted by Crippen LogP contribution is -2.15. The molecule has 0 saturated carbocycles. The Hall–Kier alpha value is -2.11. The fraction of sp³-hybridized carbons (Fsp3) is 0. The molecule has 0 fully saturated rings. The van der Waals surface area contributed by atoms with Gasteiger partial charge >= 0.3 is 0 Å². The summed E-state index contributed by atoms with van der Waals surface area (Å²) in [5.74, 6) is -0.589. The summed E-state index contributed by atoms with van der Waals surface area (Å²) in [5, 5.41) is 9.00. The number of benzene rings is 2. The molecule has 108 valence electrons. The minimum atomic E-state index is -4.04. The lowest BCUT2D eigenvalue weighted by Gasteiger charge is -2.11. The second kappa shape index (κ2) is 5.71. The van der Waals surface area contributed by atoms with Crippen LogP contribution in [-0.2, 0) is 10.0 Å². The number of halogens is 2. The van der Waals surface area contributed by atoms with Gasteiger partial charge in [0.05, 0.1) is 11.3 Å². The van der Waals surface area contributed by atoms with Crippen LogP contribution in [0, 0.1) is 17.1 Å². The molecule has 2 aromatic rings. The first-order valence-electron chi connectivity index (χ1n) is 5.61. The van der Waals surface area contributed by atoms with E-state index in [1.165, 1.54) is 30.3 Å². The molecule has 0 aliphatic carbocycles. The average molecular weight is 370 g/mol. The van der Waals surface area contributed by atoms with E-state index < -0.39 is 15.8 Å². The lowest BCUT2D eigenvalue weighted by molar-refractivity contribution is 0.601. The largest absolute Gasteiger partial charge is 0.399 e. The van der Waals surface area contributed by atoms with Gasteiger partial charge in [0.1, 0.15) is 16.8 Å². The van der Waals surface area contributed by atoms with Crippen molar-refractivity contribution in [1.82, 2.24) is 0 Å². The number of nitrogens with two attached hydrogens (primary N) is 1. The summed E-state index contributed by atoms with van der Waals surface area (Å²) in [6.45, 7) is 0. The summed E-state index contributed by atoms with van der Waals surface area (Å²) in [4.78, 5) is -0.227. The van der Waals surface area contributed by atoms with Gasteiger partial charge < -0.3 is 5.73 Å². The van der Waals surface area contributed by atoms with Crippen LogP contribution in [0.1, 0.15) is 5.56 Å². The molecule has 0 atom stereocenters. The highest BCUT2D eigenvalue weighted by Crippen LogP contribution is 2.27. The third kappa shape index (κ3) is 3.32. The Morgan fingerprint density at radius 3 is 2.62 bits per heavy atom. The Balaban J connectivity index is 2.49. The molecule has 0 aromatic heterocycles.